The standard InChI is InChI=1S/C18H17NO5/c1-19(22)7-12(20)11-6-13-18(24-8-23-13)15-9-4-2-3-5-10(9)17(21)16(19)14(11)15/h2-6,12,16-17,20-21H,7-8H2,1H3/t12-,16+,17-,19-/m1/s1. The van der Waals surface area contributed by atoms with Crippen LogP contribution < -0.4 is 9.47 Å². The predicted molar refractivity (Wildman–Crippen MR) is 85.1 cm³/mol. The van der Waals surface area contributed by atoms with Crippen molar-refractivity contribution in [1.29, 1.82) is 0 Å². The highest BCUT2D eigenvalue weighted by molar-refractivity contribution is 5.84. The molecule has 4 atom stereocenters. The second-order valence-electron chi connectivity index (χ2n) is 6.84. The topological polar surface area (TPSA) is 82.0 Å². The molecule has 6 heteroatoms. The van der Waals surface area contributed by atoms with E-state index in [1.807, 2.05) is 24.3 Å². The van der Waals surface area contributed by atoms with Crippen LogP contribution in [-0.2, 0) is 0 Å². The summed E-state index contributed by atoms with van der Waals surface area (Å²) in [6.45, 7) is 0.107. The molecule has 2 aromatic rings. The molecular formula is C18H17NO5. The molecule has 0 amide bonds. The summed E-state index contributed by atoms with van der Waals surface area (Å²) >= 11 is 0. The van der Waals surface area contributed by atoms with E-state index in [4.69, 9.17) is 9.47 Å². The fraction of sp³-hybridized carbons (Fsp3) is 0.333. The van der Waals surface area contributed by atoms with Gasteiger partial charge in [0.25, 0.3) is 0 Å². The van der Waals surface area contributed by atoms with E-state index < -0.39 is 22.9 Å². The number of benzene rings is 2. The summed E-state index contributed by atoms with van der Waals surface area (Å²) in [4.78, 5) is 0. The van der Waals surface area contributed by atoms with Crippen molar-refractivity contribution < 1.29 is 24.3 Å². The lowest BCUT2D eigenvalue weighted by molar-refractivity contribution is -0.904. The molecule has 6 nitrogen and oxygen atoms in total. The monoisotopic (exact) mass is 327 g/mol. The Morgan fingerprint density at radius 2 is 1.96 bits per heavy atom. The first-order chi connectivity index (χ1) is 11.5. The van der Waals surface area contributed by atoms with Gasteiger partial charge in [0.2, 0.25) is 6.79 Å². The molecule has 0 aromatic heterocycles. The van der Waals surface area contributed by atoms with E-state index in [0.29, 0.717) is 28.2 Å². The molecule has 2 aliphatic heterocycles. The van der Waals surface area contributed by atoms with Crippen molar-refractivity contribution in [3.63, 3.8) is 0 Å². The number of aliphatic hydroxyl groups excluding tert-OH is 2. The van der Waals surface area contributed by atoms with Crippen LogP contribution >= 0.6 is 0 Å². The van der Waals surface area contributed by atoms with Crippen LogP contribution in [0, 0.1) is 5.21 Å². The summed E-state index contributed by atoms with van der Waals surface area (Å²) < 4.78 is 10.5. The van der Waals surface area contributed by atoms with Gasteiger partial charge in [0.1, 0.15) is 24.8 Å². The molecule has 1 aliphatic carbocycles. The van der Waals surface area contributed by atoms with Gasteiger partial charge in [-0.25, -0.2) is 0 Å². The summed E-state index contributed by atoms with van der Waals surface area (Å²) in [6.07, 6.45) is -1.83. The third kappa shape index (κ3) is 1.63. The van der Waals surface area contributed by atoms with Gasteiger partial charge in [-0.15, -0.1) is 0 Å². The zero-order valence-electron chi connectivity index (χ0n) is 13.1. The molecule has 2 heterocycles. The van der Waals surface area contributed by atoms with E-state index in [1.165, 1.54) is 7.05 Å². The average Bonchev–Trinajstić information content (AvgIpc) is 3.00. The van der Waals surface area contributed by atoms with Crippen LogP contribution in [-0.4, -0.2) is 35.2 Å². The van der Waals surface area contributed by atoms with Crippen molar-refractivity contribution in [2.24, 2.45) is 0 Å². The van der Waals surface area contributed by atoms with Crippen LogP contribution in [0.15, 0.2) is 30.3 Å². The molecule has 0 fully saturated rings. The number of hydrogen-bond acceptors (Lipinski definition) is 5. The maximum absolute atomic E-state index is 13.1. The Hall–Kier alpha value is -2.12. The van der Waals surface area contributed by atoms with Gasteiger partial charge in [-0.05, 0) is 22.8 Å². The summed E-state index contributed by atoms with van der Waals surface area (Å²) in [5, 5.41) is 34.6. The van der Waals surface area contributed by atoms with Crippen LogP contribution in [0.5, 0.6) is 11.5 Å². The molecule has 2 N–H and O–H groups in total. The minimum Gasteiger partial charge on any atom is -0.632 e. The van der Waals surface area contributed by atoms with Crippen LogP contribution in [0.1, 0.15) is 34.9 Å². The molecule has 0 saturated heterocycles. The van der Waals surface area contributed by atoms with E-state index in [1.54, 1.807) is 6.07 Å². The molecule has 124 valence electrons. The fourth-order valence-corrected chi connectivity index (χ4v) is 4.38. The first-order valence-corrected chi connectivity index (χ1v) is 7.97. The Labute approximate surface area is 138 Å². The number of fused-ring (bicyclic) bond motifs is 4. The molecule has 24 heavy (non-hydrogen) atoms. The van der Waals surface area contributed by atoms with Gasteiger partial charge in [0.15, 0.2) is 11.5 Å². The number of rotatable bonds is 0. The smallest absolute Gasteiger partial charge is 0.231 e. The molecule has 0 radical (unpaired) electrons. The van der Waals surface area contributed by atoms with Gasteiger partial charge in [0.05, 0.1) is 7.05 Å². The Bertz CT molecular complexity index is 863. The third-order valence-electron chi connectivity index (χ3n) is 5.36. The predicted octanol–water partition coefficient (Wildman–Crippen LogP) is 2.16. The van der Waals surface area contributed by atoms with Gasteiger partial charge < -0.3 is 29.5 Å². The van der Waals surface area contributed by atoms with Crippen molar-refractivity contribution in [2.75, 3.05) is 20.4 Å². The lowest BCUT2D eigenvalue weighted by atomic mass is 9.74. The second kappa shape index (κ2) is 4.49. The molecule has 0 unspecified atom stereocenters. The number of quaternary nitrogens is 1. The molecule has 0 spiro atoms. The van der Waals surface area contributed by atoms with Gasteiger partial charge in [-0.3, -0.25) is 0 Å². The molecule has 3 aliphatic rings. The fourth-order valence-electron chi connectivity index (χ4n) is 4.38. The maximum atomic E-state index is 13.1. The second-order valence-corrected chi connectivity index (χ2v) is 6.84. The van der Waals surface area contributed by atoms with Crippen molar-refractivity contribution in [3.8, 4) is 22.6 Å². The van der Waals surface area contributed by atoms with Gasteiger partial charge in [0, 0.05) is 11.1 Å². The Kier molecular flexibility index (Phi) is 2.66. The average molecular weight is 327 g/mol. The van der Waals surface area contributed by atoms with E-state index >= 15 is 0 Å². The summed E-state index contributed by atoms with van der Waals surface area (Å²) in [5.74, 6) is 1.17. The maximum Gasteiger partial charge on any atom is 0.231 e. The van der Waals surface area contributed by atoms with Crippen molar-refractivity contribution in [2.45, 2.75) is 18.2 Å². The van der Waals surface area contributed by atoms with Crippen molar-refractivity contribution in [1.82, 2.24) is 0 Å². The van der Waals surface area contributed by atoms with E-state index in [-0.39, 0.29) is 13.3 Å². The zero-order chi connectivity index (χ0) is 16.6. The van der Waals surface area contributed by atoms with Crippen molar-refractivity contribution in [3.05, 3.63) is 52.2 Å². The quantitative estimate of drug-likeness (QED) is 0.572. The van der Waals surface area contributed by atoms with Gasteiger partial charge in [-0.2, -0.15) is 0 Å². The zero-order valence-corrected chi connectivity index (χ0v) is 13.1. The minimum atomic E-state index is -0.928. The third-order valence-corrected chi connectivity index (χ3v) is 5.36. The molecule has 0 saturated carbocycles. The van der Waals surface area contributed by atoms with Crippen LogP contribution in [0.2, 0.25) is 0 Å². The summed E-state index contributed by atoms with van der Waals surface area (Å²) in [7, 11) is 1.50. The van der Waals surface area contributed by atoms with Crippen LogP contribution in [0.25, 0.3) is 11.1 Å². The van der Waals surface area contributed by atoms with Gasteiger partial charge >= 0.3 is 0 Å². The van der Waals surface area contributed by atoms with E-state index in [9.17, 15) is 15.4 Å². The number of aliphatic hydroxyl groups is 2. The summed E-state index contributed by atoms with van der Waals surface area (Å²) in [6, 6.07) is 8.53. The van der Waals surface area contributed by atoms with Crippen molar-refractivity contribution >= 4 is 0 Å². The largest absolute Gasteiger partial charge is 0.632 e. The Balaban J connectivity index is 1.93. The molecule has 5 rings (SSSR count). The highest BCUT2D eigenvalue weighted by Gasteiger charge is 2.49. The molecule has 0 bridgehead atoms. The number of ether oxygens (including phenoxy) is 2. The highest BCUT2D eigenvalue weighted by Crippen LogP contribution is 2.59. The molecule has 2 aromatic carbocycles. The van der Waals surface area contributed by atoms with Gasteiger partial charge in [-0.1, -0.05) is 24.3 Å². The van der Waals surface area contributed by atoms with E-state index in [0.717, 1.165) is 11.1 Å². The van der Waals surface area contributed by atoms with E-state index in [2.05, 4.69) is 0 Å². The number of likely N-dealkylation sites (N-methyl/N-ethyl adjacent to an activating group) is 1. The Morgan fingerprint density at radius 3 is 2.79 bits per heavy atom. The first-order valence-electron chi connectivity index (χ1n) is 7.97. The van der Waals surface area contributed by atoms with Crippen LogP contribution in [0.4, 0.5) is 0 Å². The lowest BCUT2D eigenvalue weighted by Crippen LogP contribution is -2.51. The Morgan fingerprint density at radius 1 is 1.17 bits per heavy atom. The highest BCUT2D eigenvalue weighted by atomic mass is 16.7. The lowest BCUT2D eigenvalue weighted by Gasteiger charge is -2.53. The summed E-state index contributed by atoms with van der Waals surface area (Å²) in [5.41, 5.74) is 3.64. The number of hydroxylamine groups is 3. The SMILES string of the molecule is C[N@@+]1([O-])C[C@@H](O)c2cc3c(c4c2[C@H]1[C@H](O)c1ccccc1-4)OCO3. The normalized spacial score (nSPS) is 32.2. The number of hydrogen-bond donors (Lipinski definition) is 2. The minimum absolute atomic E-state index is 0.00399. The first kappa shape index (κ1) is 14.2. The van der Waals surface area contributed by atoms with Crippen LogP contribution in [0.3, 0.4) is 0 Å². The molecular weight excluding hydrogens is 310 g/mol. The number of nitrogens with zero attached hydrogens (tertiary/aromatic N) is 1.